The largest absolute Gasteiger partial charge is 0.462 e. The van der Waals surface area contributed by atoms with E-state index in [9.17, 15) is 9.90 Å². The minimum Gasteiger partial charge on any atom is -0.462 e. The third-order valence-corrected chi connectivity index (χ3v) is 10.0. The van der Waals surface area contributed by atoms with Crippen LogP contribution < -0.4 is 0 Å². The Hall–Kier alpha value is -1.43. The molecule has 43 heavy (non-hydrogen) atoms. The molecule has 3 fully saturated rings. The number of carbonyl (C=O) groups excluding carboxylic acids is 1. The first kappa shape index (κ1) is 36.0. The minimum absolute atomic E-state index is 0.0465. The van der Waals surface area contributed by atoms with Gasteiger partial charge < -0.3 is 19.3 Å². The van der Waals surface area contributed by atoms with Crippen molar-refractivity contribution in [3.63, 3.8) is 0 Å². The zero-order chi connectivity index (χ0) is 31.1. The van der Waals surface area contributed by atoms with E-state index >= 15 is 0 Å². The van der Waals surface area contributed by atoms with Gasteiger partial charge in [0, 0.05) is 18.3 Å². The molecule has 0 spiro atoms. The Morgan fingerprint density at radius 1 is 0.977 bits per heavy atom. The summed E-state index contributed by atoms with van der Waals surface area (Å²) in [5.74, 6) is 0.106. The fraction of sp³-hybridized carbons (Fsp3) is 0.816. The molecule has 5 heteroatoms. The van der Waals surface area contributed by atoms with Crippen molar-refractivity contribution in [2.75, 3.05) is 13.2 Å². The van der Waals surface area contributed by atoms with Crippen molar-refractivity contribution in [1.82, 2.24) is 0 Å². The predicted molar refractivity (Wildman–Crippen MR) is 177 cm³/mol. The van der Waals surface area contributed by atoms with Crippen LogP contribution in [0.4, 0.5) is 0 Å². The van der Waals surface area contributed by atoms with E-state index < -0.39 is 11.2 Å². The zero-order valence-corrected chi connectivity index (χ0v) is 28.2. The number of aliphatic hydroxyl groups is 1. The number of esters is 1. The van der Waals surface area contributed by atoms with Crippen LogP contribution in [0.25, 0.3) is 0 Å². The van der Waals surface area contributed by atoms with E-state index in [2.05, 4.69) is 39.5 Å². The van der Waals surface area contributed by atoms with Gasteiger partial charge in [-0.1, -0.05) is 127 Å². The monoisotopic (exact) mass is 600 g/mol. The summed E-state index contributed by atoms with van der Waals surface area (Å²) < 4.78 is 18.2. The molecule has 246 valence electrons. The predicted octanol–water partition coefficient (Wildman–Crippen LogP) is 9.57. The molecule has 0 radical (unpaired) electrons. The Kier molecular flexibility index (Phi) is 15.5. The fourth-order valence-electron chi connectivity index (χ4n) is 7.18. The van der Waals surface area contributed by atoms with Gasteiger partial charge in [-0.25, -0.2) is 0 Å². The highest BCUT2D eigenvalue weighted by Crippen LogP contribution is 2.50. The summed E-state index contributed by atoms with van der Waals surface area (Å²) in [5.41, 5.74) is 0.736. The van der Waals surface area contributed by atoms with Crippen LogP contribution in [0, 0.1) is 11.8 Å². The summed E-state index contributed by atoms with van der Waals surface area (Å²) in [6.45, 7) is 13.5. The fourth-order valence-corrected chi connectivity index (χ4v) is 7.18. The van der Waals surface area contributed by atoms with E-state index in [1.807, 2.05) is 13.0 Å². The van der Waals surface area contributed by atoms with Crippen LogP contribution in [-0.2, 0) is 19.0 Å². The van der Waals surface area contributed by atoms with Crippen molar-refractivity contribution in [1.29, 1.82) is 0 Å². The lowest BCUT2D eigenvalue weighted by Crippen LogP contribution is -2.42. The third kappa shape index (κ3) is 12.1. The van der Waals surface area contributed by atoms with Crippen LogP contribution in [0.3, 0.4) is 0 Å². The van der Waals surface area contributed by atoms with Gasteiger partial charge in [0.1, 0.15) is 18.3 Å². The maximum absolute atomic E-state index is 12.8. The third-order valence-electron chi connectivity index (χ3n) is 10.0. The van der Waals surface area contributed by atoms with E-state index in [1.54, 1.807) is 0 Å². The highest BCUT2D eigenvalue weighted by Gasteiger charge is 2.56. The number of rotatable bonds is 20. The Bertz CT molecular complexity index is 900. The van der Waals surface area contributed by atoms with Crippen LogP contribution in [0.2, 0.25) is 0 Å². The standard InChI is InChI=1S/C38H64O5/c1-6-7-8-9-10-11-12-13-14-15-16-17-18-19-20-23-35(39)41-29-38(25-21-22-30(2)3)33-24-26-37(5,40)36-34(43-36)27-31(4)32(33)28-42-38/h21-22,25,32-34,36,40H,4,6-20,23-24,26-29H2,1-3,5H3/b25-21+/t32-,33-,34+,36+,37-,38-/m0/s1. The topological polar surface area (TPSA) is 68.3 Å². The number of fused-ring (bicyclic) bond motifs is 2. The van der Waals surface area contributed by atoms with Crippen molar-refractivity contribution in [2.24, 2.45) is 11.8 Å². The van der Waals surface area contributed by atoms with Gasteiger partial charge in [0.15, 0.2) is 0 Å². The second kappa shape index (κ2) is 18.5. The molecular weight excluding hydrogens is 536 g/mol. The Morgan fingerprint density at radius 2 is 1.56 bits per heavy atom. The van der Waals surface area contributed by atoms with Gasteiger partial charge in [0.25, 0.3) is 0 Å². The van der Waals surface area contributed by atoms with E-state index in [1.165, 1.54) is 89.0 Å². The van der Waals surface area contributed by atoms with Crippen molar-refractivity contribution < 1.29 is 24.1 Å². The molecule has 3 rings (SSSR count). The molecule has 5 nitrogen and oxygen atoms in total. The molecule has 2 saturated heterocycles. The summed E-state index contributed by atoms with van der Waals surface area (Å²) in [7, 11) is 0. The van der Waals surface area contributed by atoms with Gasteiger partial charge in [-0.3, -0.25) is 4.79 Å². The van der Waals surface area contributed by atoms with Gasteiger partial charge in [-0.15, -0.1) is 0 Å². The maximum atomic E-state index is 12.8. The molecule has 2 heterocycles. The highest BCUT2D eigenvalue weighted by molar-refractivity contribution is 5.69. The summed E-state index contributed by atoms with van der Waals surface area (Å²) in [5, 5.41) is 11.1. The van der Waals surface area contributed by atoms with Crippen molar-refractivity contribution in [2.45, 2.75) is 173 Å². The lowest BCUT2D eigenvalue weighted by atomic mass is 9.74. The van der Waals surface area contributed by atoms with Gasteiger partial charge in [0.2, 0.25) is 0 Å². The molecule has 0 aromatic heterocycles. The van der Waals surface area contributed by atoms with Crippen molar-refractivity contribution >= 4 is 5.97 Å². The molecule has 3 aliphatic rings. The summed E-state index contributed by atoms with van der Waals surface area (Å²) in [6, 6.07) is 0. The normalized spacial score (nSPS) is 30.3. The quantitative estimate of drug-likeness (QED) is 0.0495. The minimum atomic E-state index is -0.873. The lowest BCUT2D eigenvalue weighted by molar-refractivity contribution is -0.151. The molecule has 0 aromatic rings. The SMILES string of the molecule is C=C1C[C@H]2O[C@H]2[C@@](C)(O)CC[C@H]2[C@H]1CO[C@@]2(/C=C/C=C(C)C)COC(=O)CCCCCCCCCCCCCCCCC. The van der Waals surface area contributed by atoms with E-state index in [4.69, 9.17) is 14.2 Å². The van der Waals surface area contributed by atoms with Crippen LogP contribution in [0.1, 0.15) is 150 Å². The molecule has 1 aliphatic carbocycles. The molecule has 0 bridgehead atoms. The number of hydrogen-bond donors (Lipinski definition) is 1. The average Bonchev–Trinajstić information content (AvgIpc) is 3.65. The van der Waals surface area contributed by atoms with E-state index in [0.717, 1.165) is 31.3 Å². The number of unbranched alkanes of at least 4 members (excludes halogenated alkanes) is 14. The van der Waals surface area contributed by atoms with Gasteiger partial charge in [-0.05, 0) is 52.5 Å². The molecule has 1 saturated carbocycles. The molecule has 0 aromatic carbocycles. The first-order chi connectivity index (χ1) is 20.7. The van der Waals surface area contributed by atoms with Crippen LogP contribution in [-0.4, -0.2) is 47.7 Å². The molecule has 1 N–H and O–H groups in total. The molecule has 2 aliphatic heterocycles. The molecular formula is C38H64O5. The molecule has 0 amide bonds. The average molecular weight is 601 g/mol. The van der Waals surface area contributed by atoms with Gasteiger partial charge in [-0.2, -0.15) is 0 Å². The van der Waals surface area contributed by atoms with Crippen LogP contribution >= 0.6 is 0 Å². The Morgan fingerprint density at radius 3 is 2.14 bits per heavy atom. The molecule has 0 unspecified atom stereocenters. The lowest BCUT2D eigenvalue weighted by Gasteiger charge is -2.34. The summed E-state index contributed by atoms with van der Waals surface area (Å²) >= 11 is 0. The van der Waals surface area contributed by atoms with Gasteiger partial charge in [0.05, 0.1) is 18.3 Å². The number of hydrogen-bond acceptors (Lipinski definition) is 5. The number of carbonyl (C=O) groups is 1. The summed E-state index contributed by atoms with van der Waals surface area (Å²) in [4.78, 5) is 12.8. The second-order valence-corrected chi connectivity index (χ2v) is 14.3. The number of epoxide rings is 1. The first-order valence-corrected chi connectivity index (χ1v) is 17.9. The Labute approximate surface area is 263 Å². The maximum Gasteiger partial charge on any atom is 0.305 e. The van der Waals surface area contributed by atoms with E-state index in [-0.39, 0.29) is 36.6 Å². The van der Waals surface area contributed by atoms with Gasteiger partial charge >= 0.3 is 5.97 Å². The second-order valence-electron chi connectivity index (χ2n) is 14.3. The number of ether oxygens (including phenoxy) is 3. The van der Waals surface area contributed by atoms with Crippen molar-refractivity contribution in [3.05, 3.63) is 36.0 Å². The first-order valence-electron chi connectivity index (χ1n) is 17.9. The smallest absolute Gasteiger partial charge is 0.305 e. The Balaban J connectivity index is 1.37. The van der Waals surface area contributed by atoms with Crippen LogP contribution in [0.15, 0.2) is 36.0 Å². The number of allylic oxidation sites excluding steroid dienone is 3. The van der Waals surface area contributed by atoms with Crippen LogP contribution in [0.5, 0.6) is 0 Å². The molecule has 6 atom stereocenters. The highest BCUT2D eigenvalue weighted by atomic mass is 16.6. The zero-order valence-electron chi connectivity index (χ0n) is 28.2. The van der Waals surface area contributed by atoms with Crippen molar-refractivity contribution in [3.8, 4) is 0 Å². The van der Waals surface area contributed by atoms with E-state index in [0.29, 0.717) is 19.4 Å². The summed E-state index contributed by atoms with van der Waals surface area (Å²) in [6.07, 6.45) is 28.3.